The number of nitrogens with one attached hydrogen (secondary N) is 9. The zero-order valence-electron chi connectivity index (χ0n) is 40.9. The first-order chi connectivity index (χ1) is 35.0. The van der Waals surface area contributed by atoms with Crippen molar-refractivity contribution < 1.29 is 43.2 Å². The van der Waals surface area contributed by atoms with E-state index < -0.39 is 95.5 Å². The van der Waals surface area contributed by atoms with Crippen LogP contribution < -0.4 is 54.0 Å². The van der Waals surface area contributed by atoms with E-state index in [2.05, 4.69) is 63.4 Å². The average Bonchev–Trinajstić information content (AvgIpc) is 3.77. The molecule has 1 aromatic heterocycles. The second kappa shape index (κ2) is 26.4. The van der Waals surface area contributed by atoms with Crippen LogP contribution in [0.15, 0.2) is 83.5 Å². The van der Waals surface area contributed by atoms with E-state index in [1.807, 2.05) is 43.3 Å². The number of urea groups is 1. The van der Waals surface area contributed by atoms with E-state index in [-0.39, 0.29) is 64.5 Å². The van der Waals surface area contributed by atoms with Gasteiger partial charge in [0.2, 0.25) is 47.3 Å². The number of H-pyrrole nitrogens is 1. The Hall–Kier alpha value is -7.29. The molecule has 1 spiro atoms. The van der Waals surface area contributed by atoms with Gasteiger partial charge >= 0.3 is 6.03 Å². The molecule has 1 unspecified atom stereocenters. The molecule has 1 aliphatic heterocycles. The highest BCUT2D eigenvalue weighted by atomic mass is 79.9. The molecule has 20 nitrogen and oxygen atoms in total. The van der Waals surface area contributed by atoms with E-state index in [1.165, 1.54) is 0 Å². The van der Waals surface area contributed by atoms with Gasteiger partial charge in [-0.2, -0.15) is 0 Å². The number of hydrogen-bond acceptors (Lipinski definition) is 9. The molecule has 2 heterocycles. The maximum Gasteiger partial charge on any atom is 0.312 e. The van der Waals surface area contributed by atoms with Gasteiger partial charge in [-0.3, -0.25) is 38.4 Å². The van der Waals surface area contributed by atoms with Crippen molar-refractivity contribution >= 4 is 80.1 Å². The van der Waals surface area contributed by atoms with Crippen molar-refractivity contribution in [3.05, 3.63) is 106 Å². The summed E-state index contributed by atoms with van der Waals surface area (Å²) < 4.78 is 0.807. The normalized spacial score (nSPS) is 22.8. The number of halogens is 1. The quantitative estimate of drug-likeness (QED) is 0.0872. The zero-order valence-corrected chi connectivity index (χ0v) is 42.5. The minimum Gasteiger partial charge on any atom is -0.368 e. The van der Waals surface area contributed by atoms with Crippen LogP contribution in [0.1, 0.15) is 93.4 Å². The average molecular weight is 1070 g/mol. The van der Waals surface area contributed by atoms with E-state index in [0.29, 0.717) is 43.2 Å². The number of benzene rings is 3. The van der Waals surface area contributed by atoms with E-state index >= 15 is 4.79 Å². The first-order valence-corrected chi connectivity index (χ1v) is 25.6. The summed E-state index contributed by atoms with van der Waals surface area (Å²) in [5, 5.41) is 22.9. The standard InChI is InChI=1S/C52H66BrN11O9/c1-2-3-21-43(65)59-42-28-44(66)56-24-10-9-19-38(45(54)67)60-48(70)41(27-33-30-58-37-18-8-7-16-35(33)37)62-46(68)39(20-12-25-57-51(55)73)61-47(69)40(26-31-13-5-4-6-14-31)63-50(72)52(64-49(42)71)23-22-34-32(29-52)15-11-17-36(34)53/h4-8,11,13-18,30,38-42,58H,2-3,9-10,12,19-29H2,1H3,(H2,54,67)(H,56,66)(H,59,65)(H,60,70)(H,61,69)(H,62,68)(H,63,72)(H,64,71)(H3,55,57,73)/t38-,39-,40+,41-,42-,52?/m0/s1. The van der Waals surface area contributed by atoms with E-state index in [4.69, 9.17) is 11.5 Å². The van der Waals surface area contributed by atoms with E-state index in [9.17, 15) is 38.4 Å². The smallest absolute Gasteiger partial charge is 0.312 e. The van der Waals surface area contributed by atoms with Crippen LogP contribution in [0, 0.1) is 0 Å². The summed E-state index contributed by atoms with van der Waals surface area (Å²) >= 11 is 3.62. The Morgan fingerprint density at radius 3 is 2.25 bits per heavy atom. The van der Waals surface area contributed by atoms with Gasteiger partial charge in [0, 0.05) is 60.3 Å². The molecule has 1 aliphatic carbocycles. The molecule has 6 rings (SSSR count). The number of carbonyl (C=O) groups excluding carboxylic acids is 9. The monoisotopic (exact) mass is 1070 g/mol. The molecule has 4 aromatic rings. The summed E-state index contributed by atoms with van der Waals surface area (Å²) in [5.74, 6) is -5.70. The number of primary amides is 2. The fourth-order valence-electron chi connectivity index (χ4n) is 9.23. The van der Waals surface area contributed by atoms with Crippen LogP contribution in [-0.4, -0.2) is 107 Å². The van der Waals surface area contributed by atoms with Crippen molar-refractivity contribution in [2.75, 3.05) is 13.1 Å². The highest BCUT2D eigenvalue weighted by molar-refractivity contribution is 9.10. The van der Waals surface area contributed by atoms with Gasteiger partial charge in [-0.05, 0) is 85.8 Å². The third-order valence-electron chi connectivity index (χ3n) is 13.2. The van der Waals surface area contributed by atoms with Crippen LogP contribution in [0.3, 0.4) is 0 Å². The second-order valence-electron chi connectivity index (χ2n) is 18.7. The Morgan fingerprint density at radius 2 is 1.49 bits per heavy atom. The van der Waals surface area contributed by atoms with E-state index in [1.54, 1.807) is 42.6 Å². The number of unbranched alkanes of at least 4 members (excludes halogenated alkanes) is 1. The van der Waals surface area contributed by atoms with Gasteiger partial charge in [0.15, 0.2) is 0 Å². The summed E-state index contributed by atoms with van der Waals surface area (Å²) in [6.45, 7) is 2.04. The molecule has 1 fully saturated rings. The van der Waals surface area contributed by atoms with Gasteiger partial charge in [0.1, 0.15) is 35.7 Å². The molecule has 0 saturated carbocycles. The van der Waals surface area contributed by atoms with Crippen LogP contribution in [0.5, 0.6) is 0 Å². The number of hydrogen-bond donors (Lipinski definition) is 11. The lowest BCUT2D eigenvalue weighted by Gasteiger charge is -2.39. The van der Waals surface area contributed by atoms with Crippen molar-refractivity contribution in [1.82, 2.24) is 47.5 Å². The number of carbonyl (C=O) groups is 9. The fourth-order valence-corrected chi connectivity index (χ4v) is 9.83. The summed E-state index contributed by atoms with van der Waals surface area (Å²) in [4.78, 5) is 128. The lowest BCUT2D eigenvalue weighted by molar-refractivity contribution is -0.139. The molecule has 2 aliphatic rings. The SMILES string of the molecule is CCCCC(=O)N[C@H]1CC(=O)NCCCC[C@@H](C(N)=O)NC(=O)[C@H](Cc2c[nH]c3ccccc23)NC(=O)[C@H](CCCNC(N)=O)NC(=O)[C@@H](Cc2ccccc2)NC(=O)C2(CCc3c(Br)cccc3C2)NC1=O. The Labute approximate surface area is 432 Å². The van der Waals surface area contributed by atoms with Gasteiger partial charge in [0.25, 0.3) is 0 Å². The van der Waals surface area contributed by atoms with Gasteiger partial charge in [0.05, 0.1) is 6.42 Å². The first kappa shape index (κ1) is 55.0. The molecule has 3 aromatic carbocycles. The van der Waals surface area contributed by atoms with Crippen molar-refractivity contribution in [2.24, 2.45) is 11.5 Å². The third-order valence-corrected chi connectivity index (χ3v) is 14.0. The maximum absolute atomic E-state index is 15.2. The van der Waals surface area contributed by atoms with Gasteiger partial charge < -0.3 is 59.0 Å². The molecule has 0 bridgehead atoms. The molecular formula is C52H66BrN11O9. The highest BCUT2D eigenvalue weighted by Gasteiger charge is 2.46. The minimum absolute atomic E-state index is 0.0220. The summed E-state index contributed by atoms with van der Waals surface area (Å²) in [6, 6.07) is 14.3. The molecule has 10 amide bonds. The van der Waals surface area contributed by atoms with Gasteiger partial charge in [-0.15, -0.1) is 0 Å². The number of aromatic amines is 1. The first-order valence-electron chi connectivity index (χ1n) is 24.8. The number of aromatic nitrogens is 1. The summed E-state index contributed by atoms with van der Waals surface area (Å²) in [5.41, 5.74) is 13.2. The fraction of sp³-hybridized carbons (Fsp3) is 0.442. The van der Waals surface area contributed by atoms with Crippen LogP contribution in [0.25, 0.3) is 10.9 Å². The topological polar surface area (TPSA) is 318 Å². The van der Waals surface area contributed by atoms with Crippen molar-refractivity contribution in [3.63, 3.8) is 0 Å². The molecular weight excluding hydrogens is 1000 g/mol. The molecule has 21 heteroatoms. The largest absolute Gasteiger partial charge is 0.368 e. The van der Waals surface area contributed by atoms with Crippen LogP contribution in [-0.2, 0) is 64.0 Å². The molecule has 390 valence electrons. The predicted octanol–water partition coefficient (Wildman–Crippen LogP) is 2.00. The number of amides is 10. The van der Waals surface area contributed by atoms with Crippen molar-refractivity contribution in [2.45, 2.75) is 133 Å². The summed E-state index contributed by atoms with van der Waals surface area (Å²) in [6.07, 6.45) is 3.56. The lowest BCUT2D eigenvalue weighted by Crippen LogP contribution is -2.67. The van der Waals surface area contributed by atoms with Gasteiger partial charge in [-0.25, -0.2) is 4.79 Å². The third kappa shape index (κ3) is 15.6. The summed E-state index contributed by atoms with van der Waals surface area (Å²) in [7, 11) is 0. The van der Waals surface area contributed by atoms with Crippen LogP contribution >= 0.6 is 15.9 Å². The Kier molecular flexibility index (Phi) is 19.9. The Bertz CT molecular complexity index is 2650. The van der Waals surface area contributed by atoms with E-state index in [0.717, 1.165) is 26.5 Å². The van der Waals surface area contributed by atoms with Gasteiger partial charge in [-0.1, -0.05) is 89.9 Å². The number of nitrogens with two attached hydrogens (primary N) is 2. The van der Waals surface area contributed by atoms with Crippen molar-refractivity contribution in [1.29, 1.82) is 0 Å². The predicted molar refractivity (Wildman–Crippen MR) is 276 cm³/mol. The molecule has 73 heavy (non-hydrogen) atoms. The molecule has 1 saturated heterocycles. The number of fused-ring (bicyclic) bond motifs is 2. The van der Waals surface area contributed by atoms with Crippen molar-refractivity contribution in [3.8, 4) is 0 Å². The number of para-hydroxylation sites is 1. The second-order valence-corrected chi connectivity index (χ2v) is 19.6. The maximum atomic E-state index is 15.2. The molecule has 13 N–H and O–H groups in total. The highest BCUT2D eigenvalue weighted by Crippen LogP contribution is 2.34. The lowest BCUT2D eigenvalue weighted by atomic mass is 9.76. The molecule has 6 atom stereocenters. The Balaban J connectivity index is 1.41. The minimum atomic E-state index is -1.71. The van der Waals surface area contributed by atoms with Crippen LogP contribution in [0.2, 0.25) is 0 Å². The zero-order chi connectivity index (χ0) is 52.5. The number of rotatable bonds is 13. The Morgan fingerprint density at radius 1 is 0.781 bits per heavy atom. The molecule has 0 radical (unpaired) electrons. The van der Waals surface area contributed by atoms with Crippen LogP contribution in [0.4, 0.5) is 4.79 Å².